The van der Waals surface area contributed by atoms with Crippen molar-refractivity contribution in [2.45, 2.75) is 33.3 Å². The third-order valence-electron chi connectivity index (χ3n) is 5.84. The smallest absolute Gasteiger partial charge is 0.266 e. The number of nitrogens with one attached hydrogen (secondary N) is 1. The van der Waals surface area contributed by atoms with Gasteiger partial charge in [0, 0.05) is 10.8 Å². The molecule has 2 aromatic carbocycles. The Morgan fingerprint density at radius 1 is 1.17 bits per heavy atom. The Morgan fingerprint density at radius 3 is 2.52 bits per heavy atom. The number of benzene rings is 2. The molecule has 1 atom stereocenters. The summed E-state index contributed by atoms with van der Waals surface area (Å²) in [5.41, 5.74) is 11.8. The monoisotopic (exact) mass is 406 g/mol. The zero-order chi connectivity index (χ0) is 20.7. The minimum Gasteiger partial charge on any atom is -0.392 e. The van der Waals surface area contributed by atoms with Crippen LogP contribution >= 0.6 is 11.3 Å². The lowest BCUT2D eigenvalue weighted by atomic mass is 9.86. The van der Waals surface area contributed by atoms with Crippen molar-refractivity contribution in [1.82, 2.24) is 4.98 Å². The molecule has 4 aromatic rings. The molecule has 150 valence electrons. The van der Waals surface area contributed by atoms with Gasteiger partial charge in [-0.1, -0.05) is 44.2 Å². The maximum absolute atomic E-state index is 12.5. The lowest BCUT2D eigenvalue weighted by molar-refractivity contribution is 0.282. The van der Waals surface area contributed by atoms with Crippen LogP contribution in [-0.2, 0) is 6.61 Å². The van der Waals surface area contributed by atoms with E-state index in [9.17, 15) is 9.90 Å². The normalized spacial score (nSPS) is 12.9. The third-order valence-corrected chi connectivity index (χ3v) is 6.76. The van der Waals surface area contributed by atoms with Crippen molar-refractivity contribution in [1.29, 1.82) is 0 Å². The first-order chi connectivity index (χ1) is 14.0. The predicted molar refractivity (Wildman–Crippen MR) is 123 cm³/mol. The zero-order valence-corrected chi connectivity index (χ0v) is 17.8. The van der Waals surface area contributed by atoms with Crippen LogP contribution in [0, 0.1) is 12.8 Å². The van der Waals surface area contributed by atoms with Gasteiger partial charge in [-0.15, -0.1) is 11.3 Å². The first kappa shape index (κ1) is 19.8. The fraction of sp³-hybridized carbons (Fsp3) is 0.292. The number of H-pyrrole nitrogens is 1. The van der Waals surface area contributed by atoms with E-state index in [0.29, 0.717) is 23.1 Å². The molecule has 0 aliphatic rings. The van der Waals surface area contributed by atoms with E-state index < -0.39 is 0 Å². The molecule has 1 unspecified atom stereocenters. The van der Waals surface area contributed by atoms with E-state index >= 15 is 0 Å². The van der Waals surface area contributed by atoms with Gasteiger partial charge in [-0.3, -0.25) is 4.79 Å². The summed E-state index contributed by atoms with van der Waals surface area (Å²) in [5, 5.41) is 14.0. The van der Waals surface area contributed by atoms with Gasteiger partial charge in [-0.05, 0) is 64.6 Å². The molecular weight excluding hydrogens is 380 g/mol. The number of aromatic nitrogens is 1. The molecule has 4 nitrogen and oxygen atoms in total. The average molecular weight is 407 g/mol. The van der Waals surface area contributed by atoms with E-state index in [2.05, 4.69) is 43.1 Å². The Hall–Kier alpha value is -2.47. The fourth-order valence-corrected chi connectivity index (χ4v) is 5.11. The molecule has 0 amide bonds. The first-order valence-electron chi connectivity index (χ1n) is 9.93. The van der Waals surface area contributed by atoms with Gasteiger partial charge in [0.1, 0.15) is 4.70 Å². The van der Waals surface area contributed by atoms with Crippen LogP contribution in [0.4, 0.5) is 0 Å². The van der Waals surface area contributed by atoms with Gasteiger partial charge < -0.3 is 15.8 Å². The zero-order valence-electron chi connectivity index (χ0n) is 17.0. The highest BCUT2D eigenvalue weighted by Crippen LogP contribution is 2.38. The minimum atomic E-state index is -0.0635. The summed E-state index contributed by atoms with van der Waals surface area (Å²) in [4.78, 5) is 15.6. The molecule has 0 saturated heterocycles. The first-order valence-corrected chi connectivity index (χ1v) is 10.8. The maximum Gasteiger partial charge on any atom is 0.266 e. The highest BCUT2D eigenvalue weighted by Gasteiger charge is 2.18. The van der Waals surface area contributed by atoms with Crippen molar-refractivity contribution < 1.29 is 5.11 Å². The lowest BCUT2D eigenvalue weighted by Gasteiger charge is -2.20. The summed E-state index contributed by atoms with van der Waals surface area (Å²) >= 11 is 1.44. The summed E-state index contributed by atoms with van der Waals surface area (Å²) in [6.45, 7) is 6.90. The average Bonchev–Trinajstić information content (AvgIpc) is 3.20. The van der Waals surface area contributed by atoms with Gasteiger partial charge in [-0.25, -0.2) is 0 Å². The molecular formula is C24H26N2O2S. The molecule has 2 aromatic heterocycles. The lowest BCUT2D eigenvalue weighted by Crippen LogP contribution is -2.17. The number of thiophene rings is 1. The van der Waals surface area contributed by atoms with Crippen LogP contribution in [0.15, 0.2) is 46.6 Å². The Kier molecular flexibility index (Phi) is 5.30. The molecule has 0 saturated carbocycles. The number of pyridine rings is 1. The second-order valence-electron chi connectivity index (χ2n) is 7.96. The van der Waals surface area contributed by atoms with Gasteiger partial charge in [0.2, 0.25) is 0 Å². The quantitative estimate of drug-likeness (QED) is 0.441. The van der Waals surface area contributed by atoms with Crippen LogP contribution in [-0.4, -0.2) is 16.6 Å². The molecule has 4 N–H and O–H groups in total. The Morgan fingerprint density at radius 2 is 1.90 bits per heavy atom. The van der Waals surface area contributed by atoms with Crippen LogP contribution < -0.4 is 11.3 Å². The van der Waals surface area contributed by atoms with Gasteiger partial charge in [0.05, 0.1) is 12.1 Å². The van der Waals surface area contributed by atoms with Crippen molar-refractivity contribution in [2.24, 2.45) is 11.7 Å². The molecule has 4 rings (SSSR count). The molecule has 0 aliphatic carbocycles. The van der Waals surface area contributed by atoms with Gasteiger partial charge >= 0.3 is 0 Å². The number of aromatic amines is 1. The molecule has 2 heterocycles. The minimum absolute atomic E-state index is 0.0595. The van der Waals surface area contributed by atoms with Gasteiger partial charge in [0.25, 0.3) is 5.56 Å². The highest BCUT2D eigenvalue weighted by molar-refractivity contribution is 7.17. The topological polar surface area (TPSA) is 79.1 Å². The summed E-state index contributed by atoms with van der Waals surface area (Å²) in [5.74, 6) is 0.783. The summed E-state index contributed by atoms with van der Waals surface area (Å²) < 4.78 is 0.716. The van der Waals surface area contributed by atoms with Crippen molar-refractivity contribution in [3.05, 3.63) is 68.8 Å². The number of aliphatic hydroxyl groups excluding tert-OH is 1. The van der Waals surface area contributed by atoms with E-state index in [0.717, 1.165) is 38.5 Å². The second-order valence-corrected chi connectivity index (χ2v) is 8.88. The van der Waals surface area contributed by atoms with Crippen LogP contribution in [0.3, 0.4) is 0 Å². The standard InChI is InChI=1S/C24H26N2O2S/c1-13(2)19(11-25)15-4-6-16(7-5-15)20-17(12-27)10-14(3)22-21(20)18-8-9-29-23(18)24(28)26-22/h4-10,13,19,27H,11-12,25H2,1-3H3,(H,26,28). The Labute approximate surface area is 174 Å². The van der Waals surface area contributed by atoms with Crippen molar-refractivity contribution in [3.63, 3.8) is 0 Å². The Balaban J connectivity index is 2.01. The van der Waals surface area contributed by atoms with Crippen LogP contribution in [0.25, 0.3) is 32.1 Å². The SMILES string of the molecule is Cc1cc(CO)c(-c2ccc(C(CN)C(C)C)cc2)c2c1[nH]c(=O)c1sccc12. The van der Waals surface area contributed by atoms with E-state index in [-0.39, 0.29) is 12.2 Å². The molecule has 0 bridgehead atoms. The summed E-state index contributed by atoms with van der Waals surface area (Å²) in [6, 6.07) is 12.4. The number of rotatable bonds is 5. The molecule has 0 radical (unpaired) electrons. The largest absolute Gasteiger partial charge is 0.392 e. The van der Waals surface area contributed by atoms with Crippen LogP contribution in [0.2, 0.25) is 0 Å². The van der Waals surface area contributed by atoms with Crippen molar-refractivity contribution in [3.8, 4) is 11.1 Å². The fourth-order valence-electron chi connectivity index (χ4n) is 4.32. The molecule has 0 spiro atoms. The molecule has 5 heteroatoms. The molecule has 0 fully saturated rings. The summed E-state index contributed by atoms with van der Waals surface area (Å²) in [7, 11) is 0. The van der Waals surface area contributed by atoms with Gasteiger partial charge in [0.15, 0.2) is 0 Å². The number of aliphatic hydroxyl groups is 1. The number of hydrogen-bond donors (Lipinski definition) is 3. The van der Waals surface area contributed by atoms with E-state index in [1.54, 1.807) is 0 Å². The summed E-state index contributed by atoms with van der Waals surface area (Å²) in [6.07, 6.45) is 0. The number of fused-ring (bicyclic) bond motifs is 3. The van der Waals surface area contributed by atoms with E-state index in [1.807, 2.05) is 24.4 Å². The van der Waals surface area contributed by atoms with E-state index in [1.165, 1.54) is 16.9 Å². The maximum atomic E-state index is 12.5. The highest BCUT2D eigenvalue weighted by atomic mass is 32.1. The Bertz CT molecular complexity index is 1240. The van der Waals surface area contributed by atoms with Crippen LogP contribution in [0.1, 0.15) is 36.5 Å². The van der Waals surface area contributed by atoms with Crippen molar-refractivity contribution in [2.75, 3.05) is 6.54 Å². The third kappa shape index (κ3) is 3.29. The molecule has 29 heavy (non-hydrogen) atoms. The van der Waals surface area contributed by atoms with Gasteiger partial charge in [-0.2, -0.15) is 0 Å². The number of nitrogens with two attached hydrogens (primary N) is 1. The number of hydrogen-bond acceptors (Lipinski definition) is 4. The van der Waals surface area contributed by atoms with Crippen molar-refractivity contribution >= 4 is 32.3 Å². The van der Waals surface area contributed by atoms with Crippen LogP contribution in [0.5, 0.6) is 0 Å². The van der Waals surface area contributed by atoms with E-state index in [4.69, 9.17) is 5.73 Å². The second kappa shape index (κ2) is 7.75. The predicted octanol–water partition coefficient (Wildman–Crippen LogP) is 4.91. The molecule has 0 aliphatic heterocycles. The number of aryl methyl sites for hydroxylation is 1.